The van der Waals surface area contributed by atoms with Crippen molar-refractivity contribution in [2.24, 2.45) is 0 Å². The first-order chi connectivity index (χ1) is 10.6. The van der Waals surface area contributed by atoms with Crippen LogP contribution in [0.5, 0.6) is 0 Å². The van der Waals surface area contributed by atoms with E-state index in [4.69, 9.17) is 11.6 Å². The van der Waals surface area contributed by atoms with Gasteiger partial charge in [0.25, 0.3) is 0 Å². The standard InChI is InChI=1S/C18H17ClFNO/c19-16-10-11-17(14-6-8-15(20)9-7-14)21(18(16)22)12-13-4-2-1-3-5-13/h1-9,16-17H,10-12H2/t16-,17+/m1/s1. The lowest BCUT2D eigenvalue weighted by molar-refractivity contribution is -0.136. The molecule has 0 spiro atoms. The van der Waals surface area contributed by atoms with Crippen LogP contribution < -0.4 is 0 Å². The van der Waals surface area contributed by atoms with Crippen molar-refractivity contribution in [3.63, 3.8) is 0 Å². The van der Waals surface area contributed by atoms with E-state index in [1.54, 1.807) is 12.1 Å². The van der Waals surface area contributed by atoms with Gasteiger partial charge in [0.05, 0.1) is 6.04 Å². The fraction of sp³-hybridized carbons (Fsp3) is 0.278. The molecule has 0 saturated carbocycles. The van der Waals surface area contributed by atoms with Gasteiger partial charge in [0.15, 0.2) is 0 Å². The Morgan fingerprint density at radius 2 is 1.73 bits per heavy atom. The Morgan fingerprint density at radius 3 is 2.41 bits per heavy atom. The van der Waals surface area contributed by atoms with Gasteiger partial charge in [-0.3, -0.25) is 4.79 Å². The van der Waals surface area contributed by atoms with Crippen molar-refractivity contribution in [2.45, 2.75) is 30.8 Å². The zero-order valence-corrected chi connectivity index (χ0v) is 12.8. The van der Waals surface area contributed by atoms with Gasteiger partial charge in [-0.2, -0.15) is 0 Å². The van der Waals surface area contributed by atoms with E-state index in [0.717, 1.165) is 17.5 Å². The van der Waals surface area contributed by atoms with E-state index in [0.29, 0.717) is 13.0 Å². The van der Waals surface area contributed by atoms with Crippen molar-refractivity contribution in [1.29, 1.82) is 0 Å². The summed E-state index contributed by atoms with van der Waals surface area (Å²) in [5.41, 5.74) is 2.02. The van der Waals surface area contributed by atoms with Crippen LogP contribution in [0.3, 0.4) is 0 Å². The van der Waals surface area contributed by atoms with Gasteiger partial charge in [-0.25, -0.2) is 4.39 Å². The molecule has 0 unspecified atom stereocenters. The summed E-state index contributed by atoms with van der Waals surface area (Å²) in [6.45, 7) is 0.519. The Morgan fingerprint density at radius 1 is 1.05 bits per heavy atom. The third kappa shape index (κ3) is 3.14. The first-order valence-corrected chi connectivity index (χ1v) is 7.83. The summed E-state index contributed by atoms with van der Waals surface area (Å²) < 4.78 is 13.1. The average molecular weight is 318 g/mol. The van der Waals surface area contributed by atoms with Gasteiger partial charge >= 0.3 is 0 Å². The molecule has 2 nitrogen and oxygen atoms in total. The first kappa shape index (κ1) is 15.0. The maximum atomic E-state index is 13.1. The molecule has 1 aliphatic heterocycles. The Hall–Kier alpha value is -1.87. The monoisotopic (exact) mass is 317 g/mol. The molecule has 0 N–H and O–H groups in total. The Bertz CT molecular complexity index is 644. The van der Waals surface area contributed by atoms with E-state index in [9.17, 15) is 9.18 Å². The number of piperidine rings is 1. The molecule has 1 saturated heterocycles. The first-order valence-electron chi connectivity index (χ1n) is 7.39. The van der Waals surface area contributed by atoms with Crippen LogP contribution in [0, 0.1) is 5.82 Å². The van der Waals surface area contributed by atoms with Crippen LogP contribution in [-0.2, 0) is 11.3 Å². The summed E-state index contributed by atoms with van der Waals surface area (Å²) in [6, 6.07) is 16.2. The van der Waals surface area contributed by atoms with Crippen molar-refractivity contribution in [3.05, 3.63) is 71.5 Å². The largest absolute Gasteiger partial charge is 0.330 e. The quantitative estimate of drug-likeness (QED) is 0.773. The van der Waals surface area contributed by atoms with E-state index in [1.807, 2.05) is 35.2 Å². The molecule has 1 amide bonds. The maximum absolute atomic E-state index is 13.1. The summed E-state index contributed by atoms with van der Waals surface area (Å²) in [6.07, 6.45) is 1.44. The number of carbonyl (C=O) groups is 1. The Labute approximate surface area is 134 Å². The normalized spacial score (nSPS) is 21.9. The topological polar surface area (TPSA) is 20.3 Å². The van der Waals surface area contributed by atoms with E-state index in [2.05, 4.69) is 0 Å². The zero-order chi connectivity index (χ0) is 15.5. The highest BCUT2D eigenvalue weighted by Crippen LogP contribution is 2.34. The highest BCUT2D eigenvalue weighted by molar-refractivity contribution is 6.30. The lowest BCUT2D eigenvalue weighted by atomic mass is 9.94. The number of halogens is 2. The molecular weight excluding hydrogens is 301 g/mol. The van der Waals surface area contributed by atoms with Crippen molar-refractivity contribution in [1.82, 2.24) is 4.90 Å². The third-order valence-electron chi connectivity index (χ3n) is 4.07. The molecule has 4 heteroatoms. The summed E-state index contributed by atoms with van der Waals surface area (Å²) in [7, 11) is 0. The van der Waals surface area contributed by atoms with Gasteiger partial charge in [-0.1, -0.05) is 42.5 Å². The van der Waals surface area contributed by atoms with Crippen LogP contribution in [0.15, 0.2) is 54.6 Å². The molecule has 0 aliphatic carbocycles. The molecule has 1 fully saturated rings. The van der Waals surface area contributed by atoms with Gasteiger partial charge in [-0.05, 0) is 36.1 Å². The van der Waals surface area contributed by atoms with Crippen LogP contribution in [0.2, 0.25) is 0 Å². The number of benzene rings is 2. The van der Waals surface area contributed by atoms with E-state index >= 15 is 0 Å². The number of rotatable bonds is 3. The summed E-state index contributed by atoms with van der Waals surface area (Å²) in [5.74, 6) is -0.318. The van der Waals surface area contributed by atoms with Crippen LogP contribution in [-0.4, -0.2) is 16.2 Å². The summed E-state index contributed by atoms with van der Waals surface area (Å²) >= 11 is 6.15. The van der Waals surface area contributed by atoms with E-state index < -0.39 is 5.38 Å². The lowest BCUT2D eigenvalue weighted by Crippen LogP contribution is -2.43. The smallest absolute Gasteiger partial charge is 0.241 e. The fourth-order valence-corrected chi connectivity index (χ4v) is 3.17. The molecule has 2 aromatic rings. The molecule has 1 heterocycles. The van der Waals surface area contributed by atoms with E-state index in [1.165, 1.54) is 12.1 Å². The predicted octanol–water partition coefficient (Wildman–Crippen LogP) is 4.30. The summed E-state index contributed by atoms with van der Waals surface area (Å²) in [5, 5.41) is -0.472. The molecule has 0 bridgehead atoms. The second-order valence-electron chi connectivity index (χ2n) is 5.56. The fourth-order valence-electron chi connectivity index (χ4n) is 2.92. The summed E-state index contributed by atoms with van der Waals surface area (Å²) in [4.78, 5) is 14.3. The average Bonchev–Trinajstić information content (AvgIpc) is 2.54. The highest BCUT2D eigenvalue weighted by Gasteiger charge is 2.34. The molecule has 2 atom stereocenters. The number of amides is 1. The van der Waals surface area contributed by atoms with Gasteiger partial charge in [0.1, 0.15) is 11.2 Å². The molecule has 0 aromatic heterocycles. The minimum absolute atomic E-state index is 0.0499. The Kier molecular flexibility index (Phi) is 4.44. The van der Waals surface area contributed by atoms with Crippen LogP contribution in [0.25, 0.3) is 0 Å². The van der Waals surface area contributed by atoms with Crippen molar-refractivity contribution in [2.75, 3.05) is 0 Å². The second kappa shape index (κ2) is 6.49. The van der Waals surface area contributed by atoms with Crippen LogP contribution in [0.4, 0.5) is 4.39 Å². The SMILES string of the molecule is O=C1[C@H](Cl)CC[C@@H](c2ccc(F)cc2)N1Cc1ccccc1. The molecule has 3 rings (SSSR count). The molecule has 1 aliphatic rings. The van der Waals surface area contributed by atoms with Crippen molar-refractivity contribution < 1.29 is 9.18 Å². The highest BCUT2D eigenvalue weighted by atomic mass is 35.5. The number of alkyl halides is 1. The molecule has 0 radical (unpaired) electrons. The molecule has 2 aromatic carbocycles. The number of likely N-dealkylation sites (tertiary alicyclic amines) is 1. The molecule has 114 valence electrons. The Balaban J connectivity index is 1.89. The minimum Gasteiger partial charge on any atom is -0.330 e. The lowest BCUT2D eigenvalue weighted by Gasteiger charge is -2.38. The number of hydrogen-bond donors (Lipinski definition) is 0. The van der Waals surface area contributed by atoms with E-state index in [-0.39, 0.29) is 17.8 Å². The van der Waals surface area contributed by atoms with Gasteiger partial charge in [0.2, 0.25) is 5.91 Å². The van der Waals surface area contributed by atoms with Gasteiger partial charge in [0, 0.05) is 6.54 Å². The van der Waals surface area contributed by atoms with Gasteiger partial charge in [-0.15, -0.1) is 11.6 Å². The van der Waals surface area contributed by atoms with Crippen molar-refractivity contribution >= 4 is 17.5 Å². The number of hydrogen-bond acceptors (Lipinski definition) is 1. The second-order valence-corrected chi connectivity index (χ2v) is 6.09. The van der Waals surface area contributed by atoms with Gasteiger partial charge < -0.3 is 4.90 Å². The van der Waals surface area contributed by atoms with Crippen molar-refractivity contribution in [3.8, 4) is 0 Å². The zero-order valence-electron chi connectivity index (χ0n) is 12.1. The predicted molar refractivity (Wildman–Crippen MR) is 85.0 cm³/mol. The van der Waals surface area contributed by atoms with Crippen LogP contribution >= 0.6 is 11.6 Å². The number of nitrogens with zero attached hydrogens (tertiary/aromatic N) is 1. The molecule has 22 heavy (non-hydrogen) atoms. The van der Waals surface area contributed by atoms with Crippen LogP contribution in [0.1, 0.15) is 30.0 Å². The molecular formula is C18H17ClFNO. The maximum Gasteiger partial charge on any atom is 0.241 e. The number of carbonyl (C=O) groups excluding carboxylic acids is 1. The minimum atomic E-state index is -0.472. The third-order valence-corrected chi connectivity index (χ3v) is 4.48.